The van der Waals surface area contributed by atoms with Gasteiger partial charge in [-0.05, 0) is 31.9 Å². The van der Waals surface area contributed by atoms with Crippen molar-refractivity contribution in [2.24, 2.45) is 5.92 Å². The lowest BCUT2D eigenvalue weighted by atomic mass is 9.95. The van der Waals surface area contributed by atoms with E-state index in [2.05, 4.69) is 26.1 Å². The molecule has 3 heteroatoms. The molecule has 0 heterocycles. The van der Waals surface area contributed by atoms with Crippen LogP contribution in [0.25, 0.3) is 0 Å². The minimum atomic E-state index is -0.917. The molecule has 1 atom stereocenters. The second-order valence-electron chi connectivity index (χ2n) is 5.64. The summed E-state index contributed by atoms with van der Waals surface area (Å²) >= 11 is 0. The van der Waals surface area contributed by atoms with E-state index >= 15 is 0 Å². The standard InChI is InChI=1S/C16H27NO2/c1-5-10-19-15-9-7-6-8-14(15)16(4,18)12-17-11-13(2)3/h6-9,13,17-18H,5,10-12H2,1-4H3. The fraction of sp³-hybridized carbons (Fsp3) is 0.625. The molecule has 1 aromatic carbocycles. The van der Waals surface area contributed by atoms with Gasteiger partial charge in [0.15, 0.2) is 0 Å². The van der Waals surface area contributed by atoms with Crippen LogP contribution in [0.4, 0.5) is 0 Å². The first-order valence-electron chi connectivity index (χ1n) is 7.12. The van der Waals surface area contributed by atoms with Crippen LogP contribution in [-0.2, 0) is 5.60 Å². The molecule has 0 aromatic heterocycles. The average molecular weight is 265 g/mol. The topological polar surface area (TPSA) is 41.5 Å². The zero-order valence-corrected chi connectivity index (χ0v) is 12.6. The first-order chi connectivity index (χ1) is 8.97. The van der Waals surface area contributed by atoms with E-state index in [9.17, 15) is 5.11 Å². The Morgan fingerprint density at radius 2 is 2.00 bits per heavy atom. The Kier molecular flexibility index (Phi) is 6.32. The summed E-state index contributed by atoms with van der Waals surface area (Å²) in [5.74, 6) is 1.35. The maximum absolute atomic E-state index is 10.6. The van der Waals surface area contributed by atoms with Crippen LogP contribution in [0, 0.1) is 5.92 Å². The van der Waals surface area contributed by atoms with Gasteiger partial charge in [-0.25, -0.2) is 0 Å². The van der Waals surface area contributed by atoms with Gasteiger partial charge < -0.3 is 15.2 Å². The third-order valence-corrected chi connectivity index (χ3v) is 2.95. The number of nitrogens with one attached hydrogen (secondary N) is 1. The molecule has 19 heavy (non-hydrogen) atoms. The van der Waals surface area contributed by atoms with Crippen LogP contribution in [0.3, 0.4) is 0 Å². The van der Waals surface area contributed by atoms with Gasteiger partial charge in [-0.2, -0.15) is 0 Å². The lowest BCUT2D eigenvalue weighted by molar-refractivity contribution is 0.0531. The molecule has 0 radical (unpaired) electrons. The SMILES string of the molecule is CCCOc1ccccc1C(C)(O)CNCC(C)C. The Balaban J connectivity index is 2.75. The number of aliphatic hydroxyl groups is 1. The van der Waals surface area contributed by atoms with Crippen LogP contribution >= 0.6 is 0 Å². The molecule has 0 saturated heterocycles. The van der Waals surface area contributed by atoms with Crippen LogP contribution in [0.5, 0.6) is 5.75 Å². The minimum absolute atomic E-state index is 0.525. The van der Waals surface area contributed by atoms with E-state index in [1.807, 2.05) is 31.2 Å². The number of benzene rings is 1. The van der Waals surface area contributed by atoms with E-state index in [-0.39, 0.29) is 0 Å². The number of rotatable bonds is 8. The molecule has 1 unspecified atom stereocenters. The normalized spacial score (nSPS) is 14.4. The molecule has 0 aliphatic heterocycles. The van der Waals surface area contributed by atoms with Crippen LogP contribution in [0.2, 0.25) is 0 Å². The third kappa shape index (κ3) is 5.21. The fourth-order valence-electron chi connectivity index (χ4n) is 1.95. The summed E-state index contributed by atoms with van der Waals surface area (Å²) in [4.78, 5) is 0. The van der Waals surface area contributed by atoms with Gasteiger partial charge in [0, 0.05) is 12.1 Å². The van der Waals surface area contributed by atoms with Gasteiger partial charge >= 0.3 is 0 Å². The van der Waals surface area contributed by atoms with E-state index in [1.165, 1.54) is 0 Å². The van der Waals surface area contributed by atoms with Gasteiger partial charge in [-0.1, -0.05) is 39.0 Å². The number of hydrogen-bond acceptors (Lipinski definition) is 3. The lowest BCUT2D eigenvalue weighted by Crippen LogP contribution is -2.37. The monoisotopic (exact) mass is 265 g/mol. The van der Waals surface area contributed by atoms with Crippen LogP contribution in [0.1, 0.15) is 39.7 Å². The second kappa shape index (κ2) is 7.51. The lowest BCUT2D eigenvalue weighted by Gasteiger charge is -2.27. The smallest absolute Gasteiger partial charge is 0.125 e. The molecule has 0 aliphatic carbocycles. The predicted octanol–water partition coefficient (Wildman–Crippen LogP) is 2.93. The third-order valence-electron chi connectivity index (χ3n) is 2.95. The summed E-state index contributed by atoms with van der Waals surface area (Å²) in [6.07, 6.45) is 0.960. The van der Waals surface area contributed by atoms with Gasteiger partial charge in [-0.3, -0.25) is 0 Å². The van der Waals surface area contributed by atoms with Gasteiger partial charge in [0.1, 0.15) is 11.4 Å². The van der Waals surface area contributed by atoms with Crippen molar-refractivity contribution >= 4 is 0 Å². The molecule has 0 fully saturated rings. The summed E-state index contributed by atoms with van der Waals surface area (Å²) in [7, 11) is 0. The molecule has 0 spiro atoms. The van der Waals surface area contributed by atoms with Gasteiger partial charge in [0.05, 0.1) is 6.61 Å². The summed E-state index contributed by atoms with van der Waals surface area (Å²) in [6.45, 7) is 10.3. The molecule has 3 nitrogen and oxygen atoms in total. The quantitative estimate of drug-likeness (QED) is 0.759. The summed E-state index contributed by atoms with van der Waals surface area (Å²) in [6, 6.07) is 7.72. The van der Waals surface area contributed by atoms with Crippen molar-refractivity contribution in [3.05, 3.63) is 29.8 Å². The Morgan fingerprint density at radius 3 is 2.63 bits per heavy atom. The van der Waals surface area contributed by atoms with Crippen LogP contribution in [-0.4, -0.2) is 24.8 Å². The van der Waals surface area contributed by atoms with Crippen molar-refractivity contribution in [2.75, 3.05) is 19.7 Å². The minimum Gasteiger partial charge on any atom is -0.493 e. The maximum atomic E-state index is 10.6. The van der Waals surface area contributed by atoms with Crippen molar-refractivity contribution in [1.82, 2.24) is 5.32 Å². The summed E-state index contributed by atoms with van der Waals surface area (Å²) < 4.78 is 5.71. The molecule has 0 saturated carbocycles. The number of hydrogen-bond donors (Lipinski definition) is 2. The first kappa shape index (κ1) is 16.0. The fourth-order valence-corrected chi connectivity index (χ4v) is 1.95. The molecule has 0 amide bonds. The van der Waals surface area contributed by atoms with Crippen molar-refractivity contribution in [2.45, 2.75) is 39.7 Å². The zero-order valence-electron chi connectivity index (χ0n) is 12.6. The molecule has 1 aromatic rings. The number of ether oxygens (including phenoxy) is 1. The first-order valence-corrected chi connectivity index (χ1v) is 7.12. The van der Waals surface area contributed by atoms with Crippen molar-refractivity contribution in [3.63, 3.8) is 0 Å². The Bertz CT molecular complexity index is 375. The Labute approximate surface area is 117 Å². The molecular weight excluding hydrogens is 238 g/mol. The highest BCUT2D eigenvalue weighted by Crippen LogP contribution is 2.29. The highest BCUT2D eigenvalue weighted by Gasteiger charge is 2.26. The van der Waals surface area contributed by atoms with Gasteiger partial charge in [0.2, 0.25) is 0 Å². The predicted molar refractivity (Wildman–Crippen MR) is 79.5 cm³/mol. The van der Waals surface area contributed by atoms with Crippen molar-refractivity contribution in [1.29, 1.82) is 0 Å². The Morgan fingerprint density at radius 1 is 1.32 bits per heavy atom. The van der Waals surface area contributed by atoms with Gasteiger partial charge in [-0.15, -0.1) is 0 Å². The maximum Gasteiger partial charge on any atom is 0.125 e. The zero-order chi connectivity index (χ0) is 14.3. The highest BCUT2D eigenvalue weighted by atomic mass is 16.5. The van der Waals surface area contributed by atoms with Crippen LogP contribution < -0.4 is 10.1 Å². The average Bonchev–Trinajstić information content (AvgIpc) is 2.36. The molecular formula is C16H27NO2. The molecule has 1 rings (SSSR count). The molecule has 2 N–H and O–H groups in total. The van der Waals surface area contributed by atoms with Crippen molar-refractivity contribution < 1.29 is 9.84 Å². The summed E-state index contributed by atoms with van der Waals surface area (Å²) in [5, 5.41) is 13.9. The Hall–Kier alpha value is -1.06. The number of para-hydroxylation sites is 1. The van der Waals surface area contributed by atoms with Crippen LogP contribution in [0.15, 0.2) is 24.3 Å². The molecule has 0 bridgehead atoms. The van der Waals surface area contributed by atoms with Gasteiger partial charge in [0.25, 0.3) is 0 Å². The van der Waals surface area contributed by atoms with E-state index in [4.69, 9.17) is 4.74 Å². The molecule has 0 aliphatic rings. The second-order valence-corrected chi connectivity index (χ2v) is 5.64. The van der Waals surface area contributed by atoms with E-state index in [0.29, 0.717) is 19.1 Å². The molecule has 108 valence electrons. The largest absolute Gasteiger partial charge is 0.493 e. The van der Waals surface area contributed by atoms with E-state index in [1.54, 1.807) is 0 Å². The highest BCUT2D eigenvalue weighted by molar-refractivity contribution is 5.37. The van der Waals surface area contributed by atoms with E-state index < -0.39 is 5.60 Å². The van der Waals surface area contributed by atoms with Crippen molar-refractivity contribution in [3.8, 4) is 5.75 Å². The van der Waals surface area contributed by atoms with E-state index in [0.717, 1.165) is 24.3 Å². The summed E-state index contributed by atoms with van der Waals surface area (Å²) in [5.41, 5.74) is -0.0705.